The molecule has 0 bridgehead atoms. The van der Waals surface area contributed by atoms with Crippen molar-refractivity contribution >= 4 is 12.0 Å². The number of rotatable bonds is 1. The van der Waals surface area contributed by atoms with Crippen LogP contribution in [0.1, 0.15) is 0 Å². The van der Waals surface area contributed by atoms with E-state index in [2.05, 4.69) is 20.3 Å². The van der Waals surface area contributed by atoms with Crippen molar-refractivity contribution in [3.8, 4) is 0 Å². The summed E-state index contributed by atoms with van der Waals surface area (Å²) in [5, 5.41) is 2.40. The summed E-state index contributed by atoms with van der Waals surface area (Å²) in [5.41, 5.74) is -0.328. The molecular formula is C8H7N5O2. The monoisotopic (exact) mass is 205 g/mol. The van der Waals surface area contributed by atoms with E-state index in [1.165, 1.54) is 35.6 Å². The lowest BCUT2D eigenvalue weighted by Crippen LogP contribution is -2.21. The van der Waals surface area contributed by atoms with Crippen LogP contribution in [0.15, 0.2) is 35.8 Å². The van der Waals surface area contributed by atoms with Crippen LogP contribution in [-0.2, 0) is 0 Å². The maximum Gasteiger partial charge on any atom is 0.333 e. The minimum Gasteiger partial charge on any atom is -0.292 e. The second-order valence-corrected chi connectivity index (χ2v) is 2.68. The third-order valence-electron chi connectivity index (χ3n) is 1.64. The van der Waals surface area contributed by atoms with Gasteiger partial charge in [0.2, 0.25) is 5.95 Å². The molecule has 0 aliphatic carbocycles. The molecule has 1 amide bonds. The Balaban J connectivity index is 2.16. The summed E-state index contributed by atoms with van der Waals surface area (Å²) in [6.07, 6.45) is 5.61. The molecule has 0 aliphatic rings. The van der Waals surface area contributed by atoms with E-state index < -0.39 is 6.03 Å². The molecule has 15 heavy (non-hydrogen) atoms. The standard InChI is InChI=1S/C8H7N5O2/c14-6-1-2-10-7(11-6)12-8(15)13-4-3-9-5-13/h1-5H,(H2,10,11,12,14,15). The molecule has 2 rings (SSSR count). The van der Waals surface area contributed by atoms with Crippen molar-refractivity contribution < 1.29 is 4.79 Å². The van der Waals surface area contributed by atoms with E-state index >= 15 is 0 Å². The molecule has 2 N–H and O–H groups in total. The number of imidazole rings is 1. The van der Waals surface area contributed by atoms with Crippen molar-refractivity contribution in [2.45, 2.75) is 0 Å². The molecule has 0 saturated heterocycles. The number of anilines is 1. The lowest BCUT2D eigenvalue weighted by Gasteiger charge is -2.02. The van der Waals surface area contributed by atoms with Crippen LogP contribution in [0.2, 0.25) is 0 Å². The molecule has 2 heterocycles. The second-order valence-electron chi connectivity index (χ2n) is 2.68. The molecule has 7 nitrogen and oxygen atoms in total. The molecule has 0 spiro atoms. The minimum atomic E-state index is -0.443. The molecule has 0 radical (unpaired) electrons. The summed E-state index contributed by atoms with van der Waals surface area (Å²) < 4.78 is 1.23. The summed E-state index contributed by atoms with van der Waals surface area (Å²) >= 11 is 0. The lowest BCUT2D eigenvalue weighted by molar-refractivity contribution is 0.253. The van der Waals surface area contributed by atoms with Gasteiger partial charge < -0.3 is 0 Å². The molecule has 0 saturated carbocycles. The Morgan fingerprint density at radius 3 is 3.00 bits per heavy atom. The van der Waals surface area contributed by atoms with Gasteiger partial charge in [0.25, 0.3) is 5.56 Å². The molecule has 0 aromatic carbocycles. The fourth-order valence-electron chi connectivity index (χ4n) is 0.979. The van der Waals surface area contributed by atoms with Gasteiger partial charge in [-0.25, -0.2) is 14.8 Å². The molecule has 2 aromatic rings. The number of nitrogens with one attached hydrogen (secondary N) is 2. The van der Waals surface area contributed by atoms with Gasteiger partial charge in [0.15, 0.2) is 0 Å². The van der Waals surface area contributed by atoms with E-state index in [9.17, 15) is 9.59 Å². The zero-order valence-corrected chi connectivity index (χ0v) is 7.54. The van der Waals surface area contributed by atoms with Crippen LogP contribution in [0.3, 0.4) is 0 Å². The third-order valence-corrected chi connectivity index (χ3v) is 1.64. The van der Waals surface area contributed by atoms with Crippen LogP contribution in [0, 0.1) is 0 Å². The highest BCUT2D eigenvalue weighted by Gasteiger charge is 2.04. The summed E-state index contributed by atoms with van der Waals surface area (Å²) in [7, 11) is 0. The van der Waals surface area contributed by atoms with Crippen molar-refractivity contribution in [1.82, 2.24) is 19.5 Å². The number of H-pyrrole nitrogens is 1. The fraction of sp³-hybridized carbons (Fsp3) is 0. The van der Waals surface area contributed by atoms with E-state index in [0.29, 0.717) is 0 Å². The maximum absolute atomic E-state index is 11.4. The normalized spacial score (nSPS) is 9.87. The van der Waals surface area contributed by atoms with Gasteiger partial charge in [-0.05, 0) is 0 Å². The molecule has 0 atom stereocenters. The number of aromatic amines is 1. The number of nitrogens with zero attached hydrogens (tertiary/aromatic N) is 3. The van der Waals surface area contributed by atoms with Gasteiger partial charge in [-0.3, -0.25) is 19.7 Å². The Labute approximate surface area is 83.8 Å². The topological polar surface area (TPSA) is 92.7 Å². The summed E-state index contributed by atoms with van der Waals surface area (Å²) in [5.74, 6) is 0.0983. The average molecular weight is 205 g/mol. The first-order valence-electron chi connectivity index (χ1n) is 4.10. The van der Waals surface area contributed by atoms with Gasteiger partial charge in [0.05, 0.1) is 0 Å². The van der Waals surface area contributed by atoms with E-state index in [1.54, 1.807) is 0 Å². The van der Waals surface area contributed by atoms with Gasteiger partial charge in [0.1, 0.15) is 6.33 Å². The smallest absolute Gasteiger partial charge is 0.292 e. The Bertz CT molecular complexity index is 516. The SMILES string of the molecule is O=C(Nc1nccc(=O)[nH]1)n1ccnc1. The Kier molecular flexibility index (Phi) is 2.28. The van der Waals surface area contributed by atoms with Gasteiger partial charge in [-0.1, -0.05) is 0 Å². The van der Waals surface area contributed by atoms with E-state index in [0.717, 1.165) is 0 Å². The van der Waals surface area contributed by atoms with Gasteiger partial charge in [-0.15, -0.1) is 0 Å². The average Bonchev–Trinajstić information content (AvgIpc) is 2.70. The second kappa shape index (κ2) is 3.74. The highest BCUT2D eigenvalue weighted by molar-refractivity contribution is 5.88. The van der Waals surface area contributed by atoms with Crippen LogP contribution in [0.5, 0.6) is 0 Å². The number of carbonyl (C=O) groups excluding carboxylic acids is 1. The predicted molar refractivity (Wildman–Crippen MR) is 51.5 cm³/mol. The summed E-state index contributed by atoms with van der Waals surface area (Å²) in [6.45, 7) is 0. The number of carbonyl (C=O) groups is 1. The number of hydrogen-bond acceptors (Lipinski definition) is 4. The first kappa shape index (κ1) is 9.13. The quantitative estimate of drug-likeness (QED) is 0.687. The van der Waals surface area contributed by atoms with E-state index in [-0.39, 0.29) is 11.5 Å². The number of aromatic nitrogens is 4. The summed E-state index contributed by atoms with van der Waals surface area (Å²) in [6, 6.07) is 0.814. The number of hydrogen-bond donors (Lipinski definition) is 2. The van der Waals surface area contributed by atoms with Gasteiger partial charge in [0, 0.05) is 24.7 Å². The Morgan fingerprint density at radius 2 is 2.33 bits per heavy atom. The molecular weight excluding hydrogens is 198 g/mol. The van der Waals surface area contributed by atoms with Gasteiger partial charge >= 0.3 is 6.03 Å². The van der Waals surface area contributed by atoms with Crippen molar-refractivity contribution in [2.24, 2.45) is 0 Å². The lowest BCUT2D eigenvalue weighted by atomic mass is 10.6. The van der Waals surface area contributed by atoms with Crippen LogP contribution in [-0.4, -0.2) is 25.6 Å². The van der Waals surface area contributed by atoms with E-state index in [1.807, 2.05) is 0 Å². The molecule has 0 unspecified atom stereocenters. The van der Waals surface area contributed by atoms with Crippen LogP contribution < -0.4 is 10.9 Å². The Morgan fingerprint density at radius 1 is 1.47 bits per heavy atom. The van der Waals surface area contributed by atoms with Gasteiger partial charge in [-0.2, -0.15) is 0 Å². The fourth-order valence-corrected chi connectivity index (χ4v) is 0.979. The van der Waals surface area contributed by atoms with Crippen molar-refractivity contribution in [3.63, 3.8) is 0 Å². The molecule has 7 heteroatoms. The maximum atomic E-state index is 11.4. The molecule has 76 valence electrons. The van der Waals surface area contributed by atoms with Crippen molar-refractivity contribution in [3.05, 3.63) is 41.3 Å². The van der Waals surface area contributed by atoms with E-state index in [4.69, 9.17) is 0 Å². The zero-order chi connectivity index (χ0) is 10.7. The molecule has 2 aromatic heterocycles. The highest BCUT2D eigenvalue weighted by Crippen LogP contribution is 1.94. The largest absolute Gasteiger partial charge is 0.333 e. The molecule has 0 fully saturated rings. The summed E-state index contributed by atoms with van der Waals surface area (Å²) in [4.78, 5) is 32.2. The van der Waals surface area contributed by atoms with Crippen LogP contribution in [0.4, 0.5) is 10.7 Å². The van der Waals surface area contributed by atoms with Crippen molar-refractivity contribution in [1.29, 1.82) is 0 Å². The third kappa shape index (κ3) is 2.08. The first-order chi connectivity index (χ1) is 7.25. The van der Waals surface area contributed by atoms with Crippen molar-refractivity contribution in [2.75, 3.05) is 5.32 Å². The Hall–Kier alpha value is -2.44. The first-order valence-corrected chi connectivity index (χ1v) is 4.10. The molecule has 0 aliphatic heterocycles. The predicted octanol–water partition coefficient (Wildman–Crippen LogP) is 0.0466. The highest BCUT2D eigenvalue weighted by atomic mass is 16.2. The zero-order valence-electron chi connectivity index (χ0n) is 7.54. The minimum absolute atomic E-state index is 0.0983. The number of amides is 1. The van der Waals surface area contributed by atoms with Crippen LogP contribution >= 0.6 is 0 Å². The van der Waals surface area contributed by atoms with Crippen LogP contribution in [0.25, 0.3) is 0 Å².